The lowest BCUT2D eigenvalue weighted by atomic mass is 10.1. The van der Waals surface area contributed by atoms with E-state index in [4.69, 9.17) is 4.52 Å². The molecule has 29 heavy (non-hydrogen) atoms. The second-order valence-electron chi connectivity index (χ2n) is 6.31. The van der Waals surface area contributed by atoms with E-state index >= 15 is 0 Å². The Morgan fingerprint density at radius 3 is 2.03 bits per heavy atom. The van der Waals surface area contributed by atoms with Crippen LogP contribution >= 0.6 is 11.8 Å². The van der Waals surface area contributed by atoms with E-state index in [2.05, 4.69) is 20.4 Å². The summed E-state index contributed by atoms with van der Waals surface area (Å²) >= 11 is 1.28. The number of carbonyl (C=O) groups is 1. The van der Waals surface area contributed by atoms with Gasteiger partial charge in [0.25, 0.3) is 0 Å². The number of benzene rings is 2. The van der Waals surface area contributed by atoms with Gasteiger partial charge in [0.05, 0.1) is 17.1 Å². The molecule has 4 rings (SSSR count). The zero-order valence-corrected chi connectivity index (χ0v) is 16.5. The maximum Gasteiger partial charge on any atom is 0.236 e. The lowest BCUT2D eigenvalue weighted by Gasteiger charge is -2.08. The second-order valence-corrected chi connectivity index (χ2v) is 7.26. The Kier molecular flexibility index (Phi) is 5.67. The molecule has 0 aliphatic carbocycles. The van der Waals surface area contributed by atoms with E-state index in [-0.39, 0.29) is 11.7 Å². The summed E-state index contributed by atoms with van der Waals surface area (Å²) in [5, 5.41) is 7.01. The van der Waals surface area contributed by atoms with Crippen LogP contribution < -0.4 is 5.32 Å². The average Bonchev–Trinajstić information content (AvgIpc) is 3.18. The summed E-state index contributed by atoms with van der Waals surface area (Å²) in [5.41, 5.74) is 3.62. The van der Waals surface area contributed by atoms with Gasteiger partial charge in [0.15, 0.2) is 11.0 Å². The van der Waals surface area contributed by atoms with E-state index in [0.29, 0.717) is 16.7 Å². The molecule has 0 atom stereocenters. The van der Waals surface area contributed by atoms with Crippen LogP contribution in [0.25, 0.3) is 22.5 Å². The first-order valence-corrected chi connectivity index (χ1v) is 10.0. The van der Waals surface area contributed by atoms with Gasteiger partial charge in [0.1, 0.15) is 5.76 Å². The highest BCUT2D eigenvalue weighted by atomic mass is 32.2. The molecule has 144 valence electrons. The van der Waals surface area contributed by atoms with Crippen LogP contribution in [0, 0.1) is 6.92 Å². The van der Waals surface area contributed by atoms with Crippen LogP contribution in [0.2, 0.25) is 0 Å². The van der Waals surface area contributed by atoms with Crippen molar-refractivity contribution in [3.05, 3.63) is 78.6 Å². The lowest BCUT2D eigenvalue weighted by molar-refractivity contribution is -0.113. The Morgan fingerprint density at radius 2 is 1.52 bits per heavy atom. The van der Waals surface area contributed by atoms with Crippen molar-refractivity contribution in [2.45, 2.75) is 12.1 Å². The van der Waals surface area contributed by atoms with Crippen molar-refractivity contribution in [1.82, 2.24) is 15.1 Å². The fourth-order valence-electron chi connectivity index (χ4n) is 2.74. The number of hydrogen-bond donors (Lipinski definition) is 1. The van der Waals surface area contributed by atoms with Gasteiger partial charge in [-0.25, -0.2) is 9.97 Å². The molecule has 0 aliphatic rings. The van der Waals surface area contributed by atoms with E-state index in [0.717, 1.165) is 22.5 Å². The van der Waals surface area contributed by atoms with Crippen LogP contribution in [0.1, 0.15) is 5.76 Å². The molecular formula is C22H18N4O2S. The largest absolute Gasteiger partial charge is 0.360 e. The van der Waals surface area contributed by atoms with Crippen LogP contribution in [-0.2, 0) is 4.79 Å². The number of anilines is 1. The average molecular weight is 402 g/mol. The minimum absolute atomic E-state index is 0.165. The van der Waals surface area contributed by atoms with Crippen LogP contribution in [-0.4, -0.2) is 26.8 Å². The summed E-state index contributed by atoms with van der Waals surface area (Å²) in [6.07, 6.45) is 0. The van der Waals surface area contributed by atoms with E-state index in [1.54, 1.807) is 13.0 Å². The van der Waals surface area contributed by atoms with Gasteiger partial charge in [0, 0.05) is 17.2 Å². The molecule has 0 aliphatic heterocycles. The number of thioether (sulfide) groups is 1. The fraction of sp³-hybridized carbons (Fsp3) is 0.0909. The van der Waals surface area contributed by atoms with Gasteiger partial charge >= 0.3 is 0 Å². The van der Waals surface area contributed by atoms with Crippen molar-refractivity contribution < 1.29 is 9.32 Å². The molecule has 2 aromatic heterocycles. The number of aromatic nitrogens is 3. The van der Waals surface area contributed by atoms with Crippen molar-refractivity contribution in [3.63, 3.8) is 0 Å². The number of rotatable bonds is 6. The maximum atomic E-state index is 12.2. The smallest absolute Gasteiger partial charge is 0.236 e. The van der Waals surface area contributed by atoms with Gasteiger partial charge in [0.2, 0.25) is 5.91 Å². The summed E-state index contributed by atoms with van der Waals surface area (Å²) in [6.45, 7) is 1.77. The standard InChI is InChI=1S/C22H18N4O2S/c1-15-12-20(26-28-15)25-21(27)14-29-22-23-18(16-8-4-2-5-9-16)13-19(24-22)17-10-6-3-7-11-17/h2-13H,14H2,1H3,(H,25,26,27). The zero-order chi connectivity index (χ0) is 20.1. The lowest BCUT2D eigenvalue weighted by Crippen LogP contribution is -2.14. The van der Waals surface area contributed by atoms with Crippen molar-refractivity contribution in [2.75, 3.05) is 11.1 Å². The van der Waals surface area contributed by atoms with E-state index in [9.17, 15) is 4.79 Å². The van der Waals surface area contributed by atoms with Gasteiger partial charge in [-0.2, -0.15) is 0 Å². The van der Waals surface area contributed by atoms with Crippen LogP contribution in [0.15, 0.2) is 82.5 Å². The fourth-order valence-corrected chi connectivity index (χ4v) is 3.40. The molecule has 1 amide bonds. The number of hydrogen-bond acceptors (Lipinski definition) is 6. The highest BCUT2D eigenvalue weighted by molar-refractivity contribution is 7.99. The van der Waals surface area contributed by atoms with Gasteiger partial charge in [-0.3, -0.25) is 4.79 Å². The van der Waals surface area contributed by atoms with Crippen molar-refractivity contribution in [1.29, 1.82) is 0 Å². The molecule has 2 aromatic carbocycles. The molecule has 0 saturated carbocycles. The number of nitrogens with zero attached hydrogens (tertiary/aromatic N) is 3. The van der Waals surface area contributed by atoms with Crippen molar-refractivity contribution in [3.8, 4) is 22.5 Å². The first-order chi connectivity index (χ1) is 14.2. The van der Waals surface area contributed by atoms with E-state index in [1.807, 2.05) is 66.7 Å². The topological polar surface area (TPSA) is 80.9 Å². The molecule has 0 bridgehead atoms. The first-order valence-electron chi connectivity index (χ1n) is 9.03. The first kappa shape index (κ1) is 18.9. The Hall–Kier alpha value is -3.45. The van der Waals surface area contributed by atoms with E-state index in [1.165, 1.54) is 11.8 Å². The molecule has 4 aromatic rings. The highest BCUT2D eigenvalue weighted by Gasteiger charge is 2.12. The Bertz CT molecular complexity index is 1060. The second kappa shape index (κ2) is 8.70. The molecule has 6 nitrogen and oxygen atoms in total. The predicted molar refractivity (Wildman–Crippen MR) is 113 cm³/mol. The van der Waals surface area contributed by atoms with Gasteiger partial charge in [-0.15, -0.1) is 0 Å². The maximum absolute atomic E-state index is 12.2. The van der Waals surface area contributed by atoms with E-state index < -0.39 is 0 Å². The molecule has 7 heteroatoms. The summed E-state index contributed by atoms with van der Waals surface area (Å²) < 4.78 is 4.96. The van der Waals surface area contributed by atoms with Gasteiger partial charge in [-0.05, 0) is 13.0 Å². The Morgan fingerprint density at radius 1 is 0.931 bits per heavy atom. The molecular weight excluding hydrogens is 384 g/mol. The molecule has 0 radical (unpaired) electrons. The van der Waals surface area contributed by atoms with Crippen molar-refractivity contribution >= 4 is 23.5 Å². The highest BCUT2D eigenvalue weighted by Crippen LogP contribution is 2.27. The van der Waals surface area contributed by atoms with Gasteiger partial charge < -0.3 is 9.84 Å². The summed E-state index contributed by atoms with van der Waals surface area (Å²) in [7, 11) is 0. The minimum atomic E-state index is -0.196. The summed E-state index contributed by atoms with van der Waals surface area (Å²) in [5.74, 6) is 1.01. The quantitative estimate of drug-likeness (QED) is 0.367. The number of aryl methyl sites for hydroxylation is 1. The summed E-state index contributed by atoms with van der Waals surface area (Å²) in [6, 6.07) is 23.5. The molecule has 0 saturated heterocycles. The molecule has 1 N–H and O–H groups in total. The SMILES string of the molecule is Cc1cc(NC(=O)CSc2nc(-c3ccccc3)cc(-c3ccccc3)n2)no1. The van der Waals surface area contributed by atoms with Crippen LogP contribution in [0.5, 0.6) is 0 Å². The number of nitrogens with one attached hydrogen (secondary N) is 1. The molecule has 0 unspecified atom stereocenters. The van der Waals surface area contributed by atoms with Gasteiger partial charge in [-0.1, -0.05) is 77.6 Å². The third kappa shape index (κ3) is 4.89. The monoisotopic (exact) mass is 402 g/mol. The minimum Gasteiger partial charge on any atom is -0.360 e. The van der Waals surface area contributed by atoms with Crippen molar-refractivity contribution in [2.24, 2.45) is 0 Å². The molecule has 2 heterocycles. The Balaban J connectivity index is 1.57. The molecule has 0 fully saturated rings. The Labute approximate surface area is 172 Å². The third-order valence-electron chi connectivity index (χ3n) is 4.07. The predicted octanol–water partition coefficient (Wildman–Crippen LogP) is 4.84. The van der Waals surface area contributed by atoms with Crippen LogP contribution in [0.4, 0.5) is 5.82 Å². The summed E-state index contributed by atoms with van der Waals surface area (Å²) in [4.78, 5) is 21.5. The number of amides is 1. The molecule has 0 spiro atoms. The third-order valence-corrected chi connectivity index (χ3v) is 4.92. The van der Waals surface area contributed by atoms with Crippen LogP contribution in [0.3, 0.4) is 0 Å². The number of carbonyl (C=O) groups excluding carboxylic acids is 1. The zero-order valence-electron chi connectivity index (χ0n) is 15.7. The normalized spacial score (nSPS) is 10.7.